The lowest BCUT2D eigenvalue weighted by Crippen LogP contribution is -2.43. The molecule has 1 aliphatic heterocycles. The maximum atomic E-state index is 11.5. The number of primary amides is 1. The summed E-state index contributed by atoms with van der Waals surface area (Å²) in [6.07, 6.45) is 1.44. The van der Waals surface area contributed by atoms with E-state index < -0.39 is 5.91 Å². The highest BCUT2D eigenvalue weighted by Gasteiger charge is 2.17. The molecule has 0 spiro atoms. The zero-order valence-corrected chi connectivity index (χ0v) is 17.1. The minimum Gasteiger partial charge on any atom is -0.370 e. The van der Waals surface area contributed by atoms with E-state index in [4.69, 9.17) is 5.73 Å². The molecule has 9 heteroatoms. The summed E-state index contributed by atoms with van der Waals surface area (Å²) in [5, 5.41) is 6.22. The molecule has 0 saturated carbocycles. The number of carbonyl (C=O) groups is 1. The normalized spacial score (nSPS) is 14.7. The lowest BCUT2D eigenvalue weighted by molar-refractivity contribution is 0.100. The van der Waals surface area contributed by atoms with Crippen LogP contribution in [0.25, 0.3) is 0 Å². The van der Waals surface area contributed by atoms with Crippen molar-refractivity contribution < 1.29 is 4.79 Å². The molecule has 1 fully saturated rings. The summed E-state index contributed by atoms with van der Waals surface area (Å²) in [6, 6.07) is 8.24. The van der Waals surface area contributed by atoms with Gasteiger partial charge in [0, 0.05) is 56.0 Å². The van der Waals surface area contributed by atoms with Crippen LogP contribution in [0, 0.1) is 0 Å². The molecule has 0 aliphatic carbocycles. The monoisotopic (exact) mass is 401 g/mol. The second-order valence-electron chi connectivity index (χ2n) is 6.36. The number of nitrogens with two attached hydrogens (primary N) is 1. The van der Waals surface area contributed by atoms with Crippen molar-refractivity contribution in [3.63, 3.8) is 0 Å². The van der Waals surface area contributed by atoms with Gasteiger partial charge in [-0.3, -0.25) is 4.79 Å². The molecule has 8 nitrogen and oxygen atoms in total. The molecule has 1 amide bonds. The van der Waals surface area contributed by atoms with Crippen molar-refractivity contribution in [1.29, 1.82) is 0 Å². The number of hydrogen-bond acceptors (Lipinski definition) is 8. The summed E-state index contributed by atoms with van der Waals surface area (Å²) < 4.78 is 2.43. The zero-order chi connectivity index (χ0) is 19.9. The van der Waals surface area contributed by atoms with Crippen LogP contribution < -0.4 is 21.3 Å². The summed E-state index contributed by atoms with van der Waals surface area (Å²) in [4.78, 5) is 22.4. The van der Waals surface area contributed by atoms with E-state index in [1.165, 1.54) is 11.9 Å². The largest absolute Gasteiger partial charge is 0.370 e. The molecule has 0 atom stereocenters. The van der Waals surface area contributed by atoms with E-state index in [1.54, 1.807) is 0 Å². The third-order valence-electron chi connectivity index (χ3n) is 4.44. The maximum Gasteiger partial charge on any atom is 0.254 e. The van der Waals surface area contributed by atoms with Gasteiger partial charge in [-0.2, -0.15) is 4.98 Å². The van der Waals surface area contributed by atoms with Crippen LogP contribution in [0.15, 0.2) is 30.5 Å². The van der Waals surface area contributed by atoms with Crippen molar-refractivity contribution in [1.82, 2.24) is 14.3 Å². The Kier molecular flexibility index (Phi) is 6.94. The van der Waals surface area contributed by atoms with Crippen molar-refractivity contribution in [2.24, 2.45) is 5.73 Å². The van der Waals surface area contributed by atoms with E-state index in [1.807, 2.05) is 31.0 Å². The van der Waals surface area contributed by atoms with Crippen molar-refractivity contribution in [3.8, 4) is 0 Å². The summed E-state index contributed by atoms with van der Waals surface area (Å²) >= 11 is 1.91. The van der Waals surface area contributed by atoms with E-state index in [0.717, 1.165) is 37.6 Å². The van der Waals surface area contributed by atoms with E-state index in [-0.39, 0.29) is 5.56 Å². The van der Waals surface area contributed by atoms with Crippen LogP contribution in [0.3, 0.4) is 0 Å². The van der Waals surface area contributed by atoms with Crippen molar-refractivity contribution in [2.75, 3.05) is 54.0 Å². The molecule has 3 rings (SSSR count). The lowest BCUT2D eigenvalue weighted by atomic mass is 10.2. The molecule has 2 aromatic rings. The Bertz CT molecular complexity index is 791. The van der Waals surface area contributed by atoms with E-state index in [9.17, 15) is 4.79 Å². The molecule has 1 aromatic heterocycles. The number of rotatable bonds is 8. The first-order valence-corrected chi connectivity index (χ1v) is 10.5. The Balaban J connectivity index is 1.64. The first-order valence-electron chi connectivity index (χ1n) is 9.51. The summed E-state index contributed by atoms with van der Waals surface area (Å²) in [7, 11) is 0. The predicted octanol–water partition coefficient (Wildman–Crippen LogP) is 2.54. The number of anilines is 4. The van der Waals surface area contributed by atoms with Crippen LogP contribution >= 0.6 is 11.9 Å². The number of hydrogen-bond donors (Lipinski definition) is 3. The fourth-order valence-electron chi connectivity index (χ4n) is 3.07. The van der Waals surface area contributed by atoms with Gasteiger partial charge < -0.3 is 21.3 Å². The van der Waals surface area contributed by atoms with E-state index >= 15 is 0 Å². The molecule has 0 radical (unpaired) electrons. The lowest BCUT2D eigenvalue weighted by Gasteiger charge is -2.35. The van der Waals surface area contributed by atoms with E-state index in [0.29, 0.717) is 18.3 Å². The van der Waals surface area contributed by atoms with Crippen molar-refractivity contribution >= 4 is 41.0 Å². The summed E-state index contributed by atoms with van der Waals surface area (Å²) in [6.45, 7) is 8.97. The quantitative estimate of drug-likeness (QED) is 0.581. The second-order valence-corrected chi connectivity index (χ2v) is 7.71. The van der Waals surface area contributed by atoms with Gasteiger partial charge in [0.05, 0.1) is 5.56 Å². The molecular weight excluding hydrogens is 374 g/mol. The highest BCUT2D eigenvalue weighted by Crippen LogP contribution is 2.23. The molecule has 2 heterocycles. The molecule has 0 unspecified atom stereocenters. The Morgan fingerprint density at radius 1 is 1.18 bits per heavy atom. The average molecular weight is 402 g/mol. The van der Waals surface area contributed by atoms with Crippen LogP contribution in [0.4, 0.5) is 23.1 Å². The topological polar surface area (TPSA) is 99.4 Å². The summed E-state index contributed by atoms with van der Waals surface area (Å²) in [5.74, 6) is 1.42. The Morgan fingerprint density at radius 3 is 2.50 bits per heavy atom. The number of nitrogens with zero attached hydrogens (tertiary/aromatic N) is 4. The molecule has 1 aliphatic rings. The van der Waals surface area contributed by atoms with Gasteiger partial charge in [0.15, 0.2) is 0 Å². The Labute approximate surface area is 170 Å². The highest BCUT2D eigenvalue weighted by atomic mass is 32.2. The first-order chi connectivity index (χ1) is 13.6. The number of carbonyl (C=O) groups excluding carboxylic acids is 1. The number of nitrogens with one attached hydrogen (secondary N) is 2. The van der Waals surface area contributed by atoms with Crippen molar-refractivity contribution in [2.45, 2.75) is 13.8 Å². The SMILES string of the molecule is CCNc1nc(Nc2ccc(N3CCN(SCC)CC3)cc2)ncc1C(N)=O. The summed E-state index contributed by atoms with van der Waals surface area (Å²) in [5.41, 5.74) is 7.75. The highest BCUT2D eigenvalue weighted by molar-refractivity contribution is 7.96. The van der Waals surface area contributed by atoms with Gasteiger partial charge in [-0.1, -0.05) is 18.9 Å². The van der Waals surface area contributed by atoms with Crippen LogP contribution in [-0.4, -0.2) is 58.7 Å². The molecule has 28 heavy (non-hydrogen) atoms. The third-order valence-corrected chi connectivity index (χ3v) is 5.43. The van der Waals surface area contributed by atoms with Gasteiger partial charge in [-0.15, -0.1) is 0 Å². The van der Waals surface area contributed by atoms with Gasteiger partial charge in [0.2, 0.25) is 5.95 Å². The van der Waals surface area contributed by atoms with Crippen LogP contribution in [-0.2, 0) is 0 Å². The number of aromatic nitrogens is 2. The van der Waals surface area contributed by atoms with Crippen LogP contribution in [0.2, 0.25) is 0 Å². The van der Waals surface area contributed by atoms with Crippen molar-refractivity contribution in [3.05, 3.63) is 36.0 Å². The molecule has 0 bridgehead atoms. The number of amides is 1. The third kappa shape index (κ3) is 5.05. The maximum absolute atomic E-state index is 11.5. The van der Waals surface area contributed by atoms with Crippen LogP contribution in [0.1, 0.15) is 24.2 Å². The smallest absolute Gasteiger partial charge is 0.254 e. The Morgan fingerprint density at radius 2 is 1.89 bits per heavy atom. The van der Waals surface area contributed by atoms with Crippen LogP contribution in [0.5, 0.6) is 0 Å². The fourth-order valence-corrected chi connectivity index (χ4v) is 3.85. The predicted molar refractivity (Wildman–Crippen MR) is 116 cm³/mol. The zero-order valence-electron chi connectivity index (χ0n) is 16.3. The first kappa shape index (κ1) is 20.2. The number of benzene rings is 1. The standard InChI is InChI=1S/C19H27N7OS/c1-3-21-18-16(17(20)27)13-22-19(24-18)23-14-5-7-15(8-6-14)25-9-11-26(12-10-25)28-4-2/h5-8,13H,3-4,9-12H2,1-2H3,(H2,20,27)(H2,21,22,23,24). The molecular formula is C19H27N7OS. The molecule has 150 valence electrons. The Hall–Kier alpha value is -2.52. The fraction of sp³-hybridized carbons (Fsp3) is 0.421. The average Bonchev–Trinajstić information content (AvgIpc) is 2.70. The van der Waals surface area contributed by atoms with Gasteiger partial charge in [-0.05, 0) is 31.2 Å². The molecule has 1 saturated heterocycles. The van der Waals surface area contributed by atoms with Gasteiger partial charge in [0.1, 0.15) is 5.82 Å². The minimum absolute atomic E-state index is 0.281. The minimum atomic E-state index is -0.552. The molecule has 1 aromatic carbocycles. The van der Waals surface area contributed by atoms with E-state index in [2.05, 4.69) is 48.9 Å². The number of piperazine rings is 1. The van der Waals surface area contributed by atoms with Gasteiger partial charge >= 0.3 is 0 Å². The second kappa shape index (κ2) is 9.61. The van der Waals surface area contributed by atoms with Gasteiger partial charge in [0.25, 0.3) is 5.91 Å². The molecule has 4 N–H and O–H groups in total. The van der Waals surface area contributed by atoms with Gasteiger partial charge in [-0.25, -0.2) is 9.29 Å².